The first-order chi connectivity index (χ1) is 16.3. The van der Waals surface area contributed by atoms with Gasteiger partial charge in [-0.3, -0.25) is 4.98 Å². The highest BCUT2D eigenvalue weighted by Crippen LogP contribution is 2.36. The molecule has 4 aromatic heterocycles. The molecule has 160 valence electrons. The molecule has 1 aliphatic heterocycles. The van der Waals surface area contributed by atoms with Crippen molar-refractivity contribution in [1.29, 1.82) is 0 Å². The van der Waals surface area contributed by atoms with E-state index in [2.05, 4.69) is 49.9 Å². The minimum absolute atomic E-state index is 0.327. The molecule has 5 heterocycles. The van der Waals surface area contributed by atoms with E-state index in [4.69, 9.17) is 9.97 Å². The SMILES string of the molecule is C1=CC(c2cncc3nc(-c4ccnc5[nH]c6ccccc6c45)nc(NC4CCNC4)c23)=C1. The molecule has 7 heteroatoms. The second-order valence-corrected chi connectivity index (χ2v) is 8.54. The number of aromatic amines is 1. The molecule has 33 heavy (non-hydrogen) atoms. The van der Waals surface area contributed by atoms with Crippen LogP contribution in [0.1, 0.15) is 12.0 Å². The van der Waals surface area contributed by atoms with Gasteiger partial charge in [-0.15, -0.1) is 0 Å². The quantitative estimate of drug-likeness (QED) is 0.389. The lowest BCUT2D eigenvalue weighted by Crippen LogP contribution is -2.23. The molecule has 0 amide bonds. The van der Waals surface area contributed by atoms with Gasteiger partial charge in [-0.1, -0.05) is 36.4 Å². The van der Waals surface area contributed by atoms with Crippen LogP contribution in [0.15, 0.2) is 67.2 Å². The van der Waals surface area contributed by atoms with E-state index in [0.29, 0.717) is 11.9 Å². The van der Waals surface area contributed by atoms with Crippen molar-refractivity contribution in [2.75, 3.05) is 18.4 Å². The summed E-state index contributed by atoms with van der Waals surface area (Å²) in [6, 6.07) is 10.6. The predicted octanol–water partition coefficient (Wildman–Crippen LogP) is 4.45. The van der Waals surface area contributed by atoms with Gasteiger partial charge in [0, 0.05) is 52.4 Å². The van der Waals surface area contributed by atoms with E-state index in [0.717, 1.165) is 74.9 Å². The number of hydrogen-bond donors (Lipinski definition) is 3. The monoisotopic (exact) mass is 431 g/mol. The summed E-state index contributed by atoms with van der Waals surface area (Å²) in [5, 5.41) is 10.3. The Morgan fingerprint density at radius 1 is 1.00 bits per heavy atom. The van der Waals surface area contributed by atoms with Crippen LogP contribution in [-0.2, 0) is 0 Å². The van der Waals surface area contributed by atoms with E-state index in [1.165, 1.54) is 0 Å². The number of pyridine rings is 2. The molecule has 1 unspecified atom stereocenters. The number of aromatic nitrogens is 5. The number of anilines is 1. The van der Waals surface area contributed by atoms with Gasteiger partial charge < -0.3 is 15.6 Å². The van der Waals surface area contributed by atoms with Crippen molar-refractivity contribution in [2.45, 2.75) is 12.5 Å². The maximum atomic E-state index is 5.10. The van der Waals surface area contributed by atoms with Gasteiger partial charge in [0.05, 0.1) is 17.1 Å². The summed E-state index contributed by atoms with van der Waals surface area (Å²) in [7, 11) is 0. The fourth-order valence-corrected chi connectivity index (χ4v) is 4.82. The highest BCUT2D eigenvalue weighted by molar-refractivity contribution is 6.12. The van der Waals surface area contributed by atoms with Crippen LogP contribution < -0.4 is 10.6 Å². The lowest BCUT2D eigenvalue weighted by molar-refractivity contribution is 0.789. The second-order valence-electron chi connectivity index (χ2n) is 8.54. The molecule has 0 radical (unpaired) electrons. The molecule has 1 atom stereocenters. The molecular weight excluding hydrogens is 410 g/mol. The van der Waals surface area contributed by atoms with Gasteiger partial charge in [0.2, 0.25) is 0 Å². The first-order valence-corrected chi connectivity index (χ1v) is 11.2. The van der Waals surface area contributed by atoms with E-state index in [1.54, 1.807) is 0 Å². The lowest BCUT2D eigenvalue weighted by Gasteiger charge is -2.18. The Bertz CT molecular complexity index is 1610. The van der Waals surface area contributed by atoms with Crippen LogP contribution in [0.4, 0.5) is 5.82 Å². The Hall–Kier alpha value is -4.10. The Balaban J connectivity index is 1.49. The van der Waals surface area contributed by atoms with Crippen LogP contribution in [0.3, 0.4) is 0 Å². The summed E-state index contributed by atoms with van der Waals surface area (Å²) in [5.41, 5.74) is 5.89. The van der Waals surface area contributed by atoms with E-state index in [-0.39, 0.29) is 0 Å². The van der Waals surface area contributed by atoms with Crippen LogP contribution in [-0.4, -0.2) is 44.1 Å². The molecule has 0 saturated carbocycles. The largest absolute Gasteiger partial charge is 0.365 e. The van der Waals surface area contributed by atoms with Gasteiger partial charge in [0.1, 0.15) is 11.5 Å². The van der Waals surface area contributed by atoms with Crippen LogP contribution in [0.2, 0.25) is 0 Å². The van der Waals surface area contributed by atoms with E-state index in [1.807, 2.05) is 42.9 Å². The maximum absolute atomic E-state index is 5.10. The van der Waals surface area contributed by atoms with Crippen molar-refractivity contribution < 1.29 is 0 Å². The standard InChI is InChI=1S/C26H21N7/c1-2-7-20-17(6-1)22-18(9-11-29-25(22)31-20)24-32-21-14-28-13-19(15-4-3-5-15)23(21)26(33-24)30-16-8-10-27-12-16/h1-7,9,11,13-14,16,27H,8,10,12H2,(H,29,31)(H,30,32,33). The van der Waals surface area contributed by atoms with Crippen LogP contribution in [0.25, 0.3) is 49.8 Å². The Labute approximate surface area is 189 Å². The Kier molecular flexibility index (Phi) is 4.04. The molecule has 1 saturated heterocycles. The predicted molar refractivity (Wildman–Crippen MR) is 132 cm³/mol. The fourth-order valence-electron chi connectivity index (χ4n) is 4.82. The third kappa shape index (κ3) is 2.93. The maximum Gasteiger partial charge on any atom is 0.163 e. The van der Waals surface area contributed by atoms with Gasteiger partial charge in [0.15, 0.2) is 5.82 Å². The van der Waals surface area contributed by atoms with Crippen LogP contribution in [0, 0.1) is 0 Å². The molecule has 7 rings (SSSR count). The molecule has 3 N–H and O–H groups in total. The molecular formula is C26H21N7. The Morgan fingerprint density at radius 3 is 2.79 bits per heavy atom. The average molecular weight is 432 g/mol. The summed E-state index contributed by atoms with van der Waals surface area (Å²) >= 11 is 0. The number of H-pyrrole nitrogens is 1. The minimum atomic E-state index is 0.327. The third-order valence-electron chi connectivity index (χ3n) is 6.51. The first-order valence-electron chi connectivity index (χ1n) is 11.2. The van der Waals surface area contributed by atoms with Crippen molar-refractivity contribution in [3.8, 4) is 11.4 Å². The summed E-state index contributed by atoms with van der Waals surface area (Å²) in [5.74, 6) is 1.53. The van der Waals surface area contributed by atoms with Crippen LogP contribution >= 0.6 is 0 Å². The average Bonchev–Trinajstić information content (AvgIpc) is 3.45. The molecule has 5 aromatic rings. The second kappa shape index (κ2) is 7.21. The van der Waals surface area contributed by atoms with Gasteiger partial charge >= 0.3 is 0 Å². The number of para-hydroxylation sites is 1. The fraction of sp³-hybridized carbons (Fsp3) is 0.154. The molecule has 0 bridgehead atoms. The molecule has 7 nitrogen and oxygen atoms in total. The highest BCUT2D eigenvalue weighted by Gasteiger charge is 2.22. The number of hydrogen-bond acceptors (Lipinski definition) is 6. The number of allylic oxidation sites excluding steroid dienone is 4. The summed E-state index contributed by atoms with van der Waals surface area (Å²) in [4.78, 5) is 22.6. The first kappa shape index (κ1) is 18.5. The summed E-state index contributed by atoms with van der Waals surface area (Å²) in [6.07, 6.45) is 12.9. The molecule has 0 spiro atoms. The number of fused-ring (bicyclic) bond motifs is 4. The van der Waals surface area contributed by atoms with Gasteiger partial charge in [-0.25, -0.2) is 15.0 Å². The smallest absolute Gasteiger partial charge is 0.163 e. The molecule has 1 fully saturated rings. The zero-order chi connectivity index (χ0) is 21.8. The lowest BCUT2D eigenvalue weighted by atomic mass is 9.97. The van der Waals surface area contributed by atoms with Gasteiger partial charge in [0.25, 0.3) is 0 Å². The van der Waals surface area contributed by atoms with Crippen molar-refractivity contribution in [3.05, 3.63) is 72.7 Å². The third-order valence-corrected chi connectivity index (χ3v) is 6.51. The topological polar surface area (TPSA) is 91.4 Å². The van der Waals surface area contributed by atoms with Crippen molar-refractivity contribution in [3.63, 3.8) is 0 Å². The van der Waals surface area contributed by atoms with E-state index >= 15 is 0 Å². The van der Waals surface area contributed by atoms with E-state index in [9.17, 15) is 0 Å². The number of nitrogens with zero attached hydrogens (tertiary/aromatic N) is 4. The number of benzene rings is 1. The zero-order valence-corrected chi connectivity index (χ0v) is 17.8. The molecule has 1 aromatic carbocycles. The van der Waals surface area contributed by atoms with Crippen molar-refractivity contribution in [1.82, 2.24) is 30.2 Å². The summed E-state index contributed by atoms with van der Waals surface area (Å²) in [6.45, 7) is 1.93. The van der Waals surface area contributed by atoms with E-state index < -0.39 is 0 Å². The normalized spacial score (nSPS) is 17.6. The number of rotatable bonds is 4. The van der Waals surface area contributed by atoms with Crippen molar-refractivity contribution in [2.24, 2.45) is 0 Å². The Morgan fingerprint density at radius 2 is 1.94 bits per heavy atom. The summed E-state index contributed by atoms with van der Waals surface area (Å²) < 4.78 is 0. The van der Waals surface area contributed by atoms with Crippen molar-refractivity contribution >= 4 is 44.2 Å². The zero-order valence-electron chi connectivity index (χ0n) is 17.8. The molecule has 2 aliphatic rings. The van der Waals surface area contributed by atoms with Gasteiger partial charge in [-0.05, 0) is 30.7 Å². The van der Waals surface area contributed by atoms with Crippen LogP contribution in [0.5, 0.6) is 0 Å². The number of nitrogens with one attached hydrogen (secondary N) is 3. The highest BCUT2D eigenvalue weighted by atomic mass is 15.1. The minimum Gasteiger partial charge on any atom is -0.365 e. The van der Waals surface area contributed by atoms with Gasteiger partial charge in [-0.2, -0.15) is 0 Å². The molecule has 1 aliphatic carbocycles.